The minimum absolute atomic E-state index is 0.0346. The zero-order valence-electron chi connectivity index (χ0n) is 22.0. The van der Waals surface area contributed by atoms with E-state index in [-0.39, 0.29) is 23.3 Å². The number of unbranched alkanes of at least 4 members (excludes halogenated alkanes) is 1. The second-order valence-corrected chi connectivity index (χ2v) is 8.94. The topological polar surface area (TPSA) is 18.5 Å². The summed E-state index contributed by atoms with van der Waals surface area (Å²) < 4.78 is 108. The van der Waals surface area contributed by atoms with Crippen molar-refractivity contribution in [2.24, 2.45) is 0 Å². The van der Waals surface area contributed by atoms with Gasteiger partial charge in [-0.15, -0.1) is 0 Å². The fourth-order valence-corrected chi connectivity index (χ4v) is 3.57. The molecule has 0 atom stereocenters. The molecule has 0 aliphatic heterocycles. The Morgan fingerprint density at radius 2 is 1.19 bits per heavy atom. The minimum Gasteiger partial charge on any atom is -0.494 e. The highest BCUT2D eigenvalue weighted by Gasteiger charge is 2.38. The van der Waals surface area contributed by atoms with Crippen molar-refractivity contribution in [3.8, 4) is 35.2 Å². The normalized spacial score (nSPS) is 10.8. The van der Waals surface area contributed by atoms with Gasteiger partial charge in [-0.3, -0.25) is 0 Å². The van der Waals surface area contributed by atoms with Crippen LogP contribution in [0.15, 0.2) is 72.8 Å². The first-order valence-electron chi connectivity index (χ1n) is 12.6. The predicted molar refractivity (Wildman–Crippen MR) is 142 cm³/mol. The van der Waals surface area contributed by atoms with Crippen molar-refractivity contribution in [1.29, 1.82) is 0 Å². The Hall–Kier alpha value is -4.89. The molecule has 0 saturated heterocycles. The lowest BCUT2D eigenvalue weighted by Gasteiger charge is -2.19. The highest BCUT2D eigenvalue weighted by Crippen LogP contribution is 2.34. The van der Waals surface area contributed by atoms with Crippen molar-refractivity contribution in [1.82, 2.24) is 0 Å². The van der Waals surface area contributed by atoms with Crippen LogP contribution < -0.4 is 9.47 Å². The van der Waals surface area contributed by atoms with Crippen LogP contribution in [-0.2, 0) is 6.11 Å². The molecular formula is C33H21F7O2. The van der Waals surface area contributed by atoms with Gasteiger partial charge in [-0.1, -0.05) is 37.0 Å². The number of alkyl halides is 2. The first kappa shape index (κ1) is 30.1. The van der Waals surface area contributed by atoms with E-state index in [1.54, 1.807) is 30.3 Å². The van der Waals surface area contributed by atoms with Crippen molar-refractivity contribution in [2.45, 2.75) is 25.9 Å². The van der Waals surface area contributed by atoms with E-state index in [2.05, 4.69) is 35.3 Å². The molecule has 0 saturated carbocycles. The average molecular weight is 583 g/mol. The summed E-state index contributed by atoms with van der Waals surface area (Å²) in [6, 6.07) is 14.1. The number of hydrogen-bond donors (Lipinski definition) is 0. The lowest BCUT2D eigenvalue weighted by molar-refractivity contribution is -0.187. The molecule has 42 heavy (non-hydrogen) atoms. The van der Waals surface area contributed by atoms with Crippen LogP contribution >= 0.6 is 0 Å². The summed E-state index contributed by atoms with van der Waals surface area (Å²) in [5.41, 5.74) is -0.254. The third kappa shape index (κ3) is 7.64. The van der Waals surface area contributed by atoms with Crippen molar-refractivity contribution in [2.75, 3.05) is 6.61 Å². The van der Waals surface area contributed by atoms with Gasteiger partial charge in [0.05, 0.1) is 12.2 Å². The van der Waals surface area contributed by atoms with Gasteiger partial charge in [0, 0.05) is 28.8 Å². The molecule has 0 amide bonds. The maximum Gasteiger partial charge on any atom is 0.429 e. The predicted octanol–water partition coefficient (Wildman–Crippen LogP) is 8.49. The van der Waals surface area contributed by atoms with Crippen molar-refractivity contribution < 1.29 is 40.2 Å². The molecule has 0 fully saturated rings. The number of rotatable bonds is 7. The molecule has 0 unspecified atom stereocenters. The van der Waals surface area contributed by atoms with E-state index >= 15 is 0 Å². The molecule has 4 aromatic rings. The molecule has 2 nitrogen and oxygen atoms in total. The molecule has 0 heterocycles. The van der Waals surface area contributed by atoms with Gasteiger partial charge < -0.3 is 9.47 Å². The Morgan fingerprint density at radius 1 is 0.619 bits per heavy atom. The largest absolute Gasteiger partial charge is 0.494 e. The monoisotopic (exact) mass is 582 g/mol. The Kier molecular flexibility index (Phi) is 9.44. The molecule has 214 valence electrons. The Balaban J connectivity index is 1.44. The Morgan fingerprint density at radius 3 is 1.81 bits per heavy atom. The van der Waals surface area contributed by atoms with Gasteiger partial charge in [-0.2, -0.15) is 8.78 Å². The van der Waals surface area contributed by atoms with E-state index < -0.39 is 46.5 Å². The summed E-state index contributed by atoms with van der Waals surface area (Å²) in [5.74, 6) is 2.97. The molecule has 4 rings (SSSR count). The molecule has 0 N–H and O–H groups in total. The van der Waals surface area contributed by atoms with E-state index in [0.29, 0.717) is 29.9 Å². The lowest BCUT2D eigenvalue weighted by atomic mass is 10.1. The van der Waals surface area contributed by atoms with E-state index in [1.807, 2.05) is 0 Å². The second kappa shape index (κ2) is 13.2. The number of halogens is 7. The number of ether oxygens (including phenoxy) is 2. The molecule has 0 aliphatic rings. The van der Waals surface area contributed by atoms with Gasteiger partial charge >= 0.3 is 6.11 Å². The van der Waals surface area contributed by atoms with Crippen LogP contribution in [0, 0.1) is 52.8 Å². The van der Waals surface area contributed by atoms with Crippen LogP contribution in [-0.4, -0.2) is 6.61 Å². The number of benzene rings is 4. The van der Waals surface area contributed by atoms with Crippen LogP contribution in [0.4, 0.5) is 30.7 Å². The highest BCUT2D eigenvalue weighted by molar-refractivity contribution is 5.49. The zero-order valence-corrected chi connectivity index (χ0v) is 22.0. The van der Waals surface area contributed by atoms with Crippen LogP contribution in [0.25, 0.3) is 0 Å². The van der Waals surface area contributed by atoms with Gasteiger partial charge in [-0.25, -0.2) is 22.0 Å². The summed E-state index contributed by atoms with van der Waals surface area (Å²) in [6.07, 6.45) is -2.37. The minimum atomic E-state index is -4.36. The molecular weight excluding hydrogens is 561 g/mol. The summed E-state index contributed by atoms with van der Waals surface area (Å²) in [7, 11) is 0. The Labute approximate surface area is 237 Å². The van der Waals surface area contributed by atoms with Gasteiger partial charge in [0.1, 0.15) is 28.7 Å². The molecule has 0 spiro atoms. The van der Waals surface area contributed by atoms with E-state index in [1.165, 1.54) is 12.1 Å². The van der Waals surface area contributed by atoms with Crippen LogP contribution in [0.1, 0.15) is 47.6 Å². The third-order valence-electron chi connectivity index (χ3n) is 5.77. The maximum absolute atomic E-state index is 14.6. The lowest BCUT2D eigenvalue weighted by Crippen LogP contribution is -2.23. The fourth-order valence-electron chi connectivity index (χ4n) is 3.57. The standard InChI is InChI=1S/C33H21F7O2/c1-2-3-16-41-25-13-8-21(9-14-25)4-5-22-6-11-24(28(34)17-22)12-7-23-10-15-27(29(35)18-23)33(39,40)42-26-19-30(36)32(38)31(37)20-26/h6,8-11,13-15,17-20H,2-3,16H2,1H3. The number of hydrogen-bond acceptors (Lipinski definition) is 2. The van der Waals surface area contributed by atoms with Gasteiger partial charge in [0.2, 0.25) is 0 Å². The summed E-state index contributed by atoms with van der Waals surface area (Å²) in [5, 5.41) is 0. The Bertz CT molecular complexity index is 1690. The van der Waals surface area contributed by atoms with Gasteiger partial charge in [0.25, 0.3) is 0 Å². The molecule has 9 heteroatoms. The van der Waals surface area contributed by atoms with Crippen molar-refractivity contribution in [3.63, 3.8) is 0 Å². The van der Waals surface area contributed by atoms with Crippen molar-refractivity contribution >= 4 is 0 Å². The first-order valence-corrected chi connectivity index (χ1v) is 12.6. The summed E-state index contributed by atoms with van der Waals surface area (Å²) >= 11 is 0. The first-order chi connectivity index (χ1) is 20.1. The van der Waals surface area contributed by atoms with Crippen LogP contribution in [0.5, 0.6) is 11.5 Å². The van der Waals surface area contributed by atoms with E-state index in [0.717, 1.165) is 24.7 Å². The maximum atomic E-state index is 14.6. The molecule has 0 aliphatic carbocycles. The SMILES string of the molecule is CCCCOc1ccc(C#Cc2ccc(C#Cc3ccc(C(F)(F)Oc4cc(F)c(F)c(F)c4)c(F)c3)c(F)c2)cc1. The van der Waals surface area contributed by atoms with Gasteiger partial charge in [-0.05, 0) is 67.1 Å². The highest BCUT2D eigenvalue weighted by atomic mass is 19.3. The summed E-state index contributed by atoms with van der Waals surface area (Å²) in [4.78, 5) is 0. The van der Waals surface area contributed by atoms with Gasteiger partial charge in [0.15, 0.2) is 17.5 Å². The van der Waals surface area contributed by atoms with Crippen molar-refractivity contribution in [3.05, 3.63) is 130 Å². The second-order valence-electron chi connectivity index (χ2n) is 8.94. The molecule has 0 radical (unpaired) electrons. The molecule has 0 bridgehead atoms. The quantitative estimate of drug-likeness (QED) is 0.0942. The van der Waals surface area contributed by atoms with Crippen LogP contribution in [0.2, 0.25) is 0 Å². The fraction of sp³-hybridized carbons (Fsp3) is 0.152. The molecule has 4 aromatic carbocycles. The third-order valence-corrected chi connectivity index (χ3v) is 5.77. The average Bonchev–Trinajstić information content (AvgIpc) is 2.94. The smallest absolute Gasteiger partial charge is 0.429 e. The summed E-state index contributed by atoms with van der Waals surface area (Å²) in [6.45, 7) is 2.71. The van der Waals surface area contributed by atoms with E-state index in [9.17, 15) is 30.7 Å². The molecule has 0 aromatic heterocycles. The zero-order chi connectivity index (χ0) is 30.3. The van der Waals surface area contributed by atoms with E-state index in [4.69, 9.17) is 4.74 Å². The van der Waals surface area contributed by atoms with Crippen LogP contribution in [0.3, 0.4) is 0 Å².